The standard InChI is InChI=1S/C19H19BrN2O4/c1-25-17-11-14(6-9-16(17)22-10-2-3-19(22)24)21-18(23)12-26-15-7-4-13(20)5-8-15/h4-9,11H,2-3,10,12H2,1H3,(H,21,23). The van der Waals surface area contributed by atoms with Gasteiger partial charge in [0.2, 0.25) is 5.91 Å². The van der Waals surface area contributed by atoms with Gasteiger partial charge in [-0.1, -0.05) is 15.9 Å². The number of nitrogens with zero attached hydrogens (tertiary/aromatic N) is 1. The van der Waals surface area contributed by atoms with Gasteiger partial charge in [0.15, 0.2) is 6.61 Å². The predicted molar refractivity (Wildman–Crippen MR) is 103 cm³/mol. The number of hydrogen-bond acceptors (Lipinski definition) is 4. The number of carbonyl (C=O) groups excluding carboxylic acids is 2. The fourth-order valence-electron chi connectivity index (χ4n) is 2.76. The first-order valence-electron chi connectivity index (χ1n) is 8.23. The first-order chi connectivity index (χ1) is 12.6. The van der Waals surface area contributed by atoms with Crippen LogP contribution in [0.1, 0.15) is 12.8 Å². The second-order valence-electron chi connectivity index (χ2n) is 5.83. The van der Waals surface area contributed by atoms with Gasteiger partial charge >= 0.3 is 0 Å². The van der Waals surface area contributed by atoms with Crippen molar-refractivity contribution >= 4 is 39.1 Å². The minimum Gasteiger partial charge on any atom is -0.494 e. The van der Waals surface area contributed by atoms with Crippen molar-refractivity contribution in [3.63, 3.8) is 0 Å². The molecule has 136 valence electrons. The van der Waals surface area contributed by atoms with Crippen LogP contribution in [-0.4, -0.2) is 32.1 Å². The minimum atomic E-state index is -0.278. The van der Waals surface area contributed by atoms with Gasteiger partial charge in [0, 0.05) is 29.2 Å². The Morgan fingerprint density at radius 1 is 1.23 bits per heavy atom. The molecule has 0 radical (unpaired) electrons. The Labute approximate surface area is 160 Å². The molecule has 3 rings (SSSR count). The van der Waals surface area contributed by atoms with Crippen LogP contribution in [-0.2, 0) is 9.59 Å². The monoisotopic (exact) mass is 418 g/mol. The summed E-state index contributed by atoms with van der Waals surface area (Å²) in [7, 11) is 1.54. The van der Waals surface area contributed by atoms with Crippen LogP contribution in [0.15, 0.2) is 46.9 Å². The number of amides is 2. The number of anilines is 2. The van der Waals surface area contributed by atoms with Gasteiger partial charge in [0.1, 0.15) is 11.5 Å². The summed E-state index contributed by atoms with van der Waals surface area (Å²) in [5.74, 6) is 0.971. The van der Waals surface area contributed by atoms with E-state index in [1.54, 1.807) is 42.3 Å². The third-order valence-corrected chi connectivity index (χ3v) is 4.54. The maximum Gasteiger partial charge on any atom is 0.262 e. The second-order valence-corrected chi connectivity index (χ2v) is 6.74. The molecule has 2 amide bonds. The molecule has 2 aromatic carbocycles. The molecule has 0 bridgehead atoms. The van der Waals surface area contributed by atoms with Gasteiger partial charge in [-0.05, 0) is 42.8 Å². The van der Waals surface area contributed by atoms with Gasteiger partial charge < -0.3 is 19.7 Å². The lowest BCUT2D eigenvalue weighted by atomic mass is 10.2. The lowest BCUT2D eigenvalue weighted by molar-refractivity contribution is -0.118. The first-order valence-corrected chi connectivity index (χ1v) is 9.03. The third kappa shape index (κ3) is 4.35. The fourth-order valence-corrected chi connectivity index (χ4v) is 3.02. The van der Waals surface area contributed by atoms with Crippen LogP contribution in [0.2, 0.25) is 0 Å². The normalized spacial score (nSPS) is 13.6. The predicted octanol–water partition coefficient (Wildman–Crippen LogP) is 3.60. The van der Waals surface area contributed by atoms with E-state index in [1.807, 2.05) is 12.1 Å². The number of benzene rings is 2. The van der Waals surface area contributed by atoms with Crippen molar-refractivity contribution in [1.29, 1.82) is 0 Å². The van der Waals surface area contributed by atoms with E-state index in [2.05, 4.69) is 21.2 Å². The summed E-state index contributed by atoms with van der Waals surface area (Å²) in [4.78, 5) is 25.7. The highest BCUT2D eigenvalue weighted by Crippen LogP contribution is 2.33. The summed E-state index contributed by atoms with van der Waals surface area (Å²) in [6.45, 7) is 0.582. The van der Waals surface area contributed by atoms with Crippen molar-refractivity contribution < 1.29 is 19.1 Å². The number of carbonyl (C=O) groups is 2. The van der Waals surface area contributed by atoms with Gasteiger partial charge in [-0.25, -0.2) is 0 Å². The van der Waals surface area contributed by atoms with Crippen LogP contribution in [0.5, 0.6) is 11.5 Å². The van der Waals surface area contributed by atoms with E-state index in [0.717, 1.165) is 16.6 Å². The van der Waals surface area contributed by atoms with Gasteiger partial charge in [0.25, 0.3) is 5.91 Å². The molecule has 1 fully saturated rings. The molecule has 0 spiro atoms. The van der Waals surface area contributed by atoms with E-state index < -0.39 is 0 Å². The van der Waals surface area contributed by atoms with Crippen molar-refractivity contribution in [1.82, 2.24) is 0 Å². The molecule has 6 nitrogen and oxygen atoms in total. The molecule has 0 atom stereocenters. The average molecular weight is 419 g/mol. The summed E-state index contributed by atoms with van der Waals surface area (Å²) in [5.41, 5.74) is 1.31. The number of rotatable bonds is 6. The van der Waals surface area contributed by atoms with Crippen molar-refractivity contribution in [3.05, 3.63) is 46.9 Å². The molecule has 1 N–H and O–H groups in total. The smallest absolute Gasteiger partial charge is 0.262 e. The van der Waals surface area contributed by atoms with Crippen LogP contribution in [0.3, 0.4) is 0 Å². The van der Waals surface area contributed by atoms with E-state index >= 15 is 0 Å². The Morgan fingerprint density at radius 2 is 2.00 bits per heavy atom. The molecule has 26 heavy (non-hydrogen) atoms. The molecule has 1 aliphatic heterocycles. The molecule has 7 heteroatoms. The highest BCUT2D eigenvalue weighted by atomic mass is 79.9. The molecule has 1 saturated heterocycles. The first kappa shape index (κ1) is 18.3. The lowest BCUT2D eigenvalue weighted by Crippen LogP contribution is -2.24. The summed E-state index contributed by atoms with van der Waals surface area (Å²) in [6, 6.07) is 12.5. The van der Waals surface area contributed by atoms with Crippen molar-refractivity contribution in [2.75, 3.05) is 30.5 Å². The van der Waals surface area contributed by atoms with Gasteiger partial charge in [-0.3, -0.25) is 9.59 Å². The Bertz CT molecular complexity index is 808. The molecule has 0 saturated carbocycles. The maximum absolute atomic E-state index is 12.1. The number of halogens is 1. The molecule has 0 unspecified atom stereocenters. The zero-order valence-corrected chi connectivity index (χ0v) is 15.9. The highest BCUT2D eigenvalue weighted by Gasteiger charge is 2.24. The van der Waals surface area contributed by atoms with Gasteiger partial charge in [-0.15, -0.1) is 0 Å². The second kappa shape index (κ2) is 8.23. The lowest BCUT2D eigenvalue weighted by Gasteiger charge is -2.19. The van der Waals surface area contributed by atoms with Gasteiger partial charge in [0.05, 0.1) is 12.8 Å². The molecular weight excluding hydrogens is 400 g/mol. The molecule has 2 aromatic rings. The van der Waals surface area contributed by atoms with E-state index in [9.17, 15) is 9.59 Å². The minimum absolute atomic E-state index is 0.0861. The Hall–Kier alpha value is -2.54. The van der Waals surface area contributed by atoms with Crippen LogP contribution < -0.4 is 19.7 Å². The van der Waals surface area contributed by atoms with Crippen LogP contribution in [0.4, 0.5) is 11.4 Å². The molecular formula is C19H19BrN2O4. The van der Waals surface area contributed by atoms with Crippen molar-refractivity contribution in [3.8, 4) is 11.5 Å². The zero-order valence-electron chi connectivity index (χ0n) is 14.3. The zero-order chi connectivity index (χ0) is 18.5. The largest absolute Gasteiger partial charge is 0.494 e. The number of nitrogens with one attached hydrogen (secondary N) is 1. The van der Waals surface area contributed by atoms with E-state index in [4.69, 9.17) is 9.47 Å². The van der Waals surface area contributed by atoms with Crippen molar-refractivity contribution in [2.45, 2.75) is 12.8 Å². The molecule has 1 aliphatic rings. The molecule has 1 heterocycles. The quantitative estimate of drug-likeness (QED) is 0.777. The van der Waals surface area contributed by atoms with Crippen LogP contribution in [0.25, 0.3) is 0 Å². The van der Waals surface area contributed by atoms with Crippen molar-refractivity contribution in [2.24, 2.45) is 0 Å². The van der Waals surface area contributed by atoms with Crippen LogP contribution >= 0.6 is 15.9 Å². The SMILES string of the molecule is COc1cc(NC(=O)COc2ccc(Br)cc2)ccc1N1CCCC1=O. The van der Waals surface area contributed by atoms with E-state index in [1.165, 1.54) is 0 Å². The Morgan fingerprint density at radius 3 is 2.65 bits per heavy atom. The highest BCUT2D eigenvalue weighted by molar-refractivity contribution is 9.10. The Kier molecular flexibility index (Phi) is 5.78. The number of methoxy groups -OCH3 is 1. The summed E-state index contributed by atoms with van der Waals surface area (Å²) >= 11 is 3.35. The molecule has 0 aliphatic carbocycles. The summed E-state index contributed by atoms with van der Waals surface area (Å²) in [5, 5.41) is 2.77. The van der Waals surface area contributed by atoms with Gasteiger partial charge in [-0.2, -0.15) is 0 Å². The third-order valence-electron chi connectivity index (χ3n) is 4.01. The van der Waals surface area contributed by atoms with E-state index in [-0.39, 0.29) is 18.4 Å². The summed E-state index contributed by atoms with van der Waals surface area (Å²) in [6.07, 6.45) is 1.39. The number of ether oxygens (including phenoxy) is 2. The summed E-state index contributed by atoms with van der Waals surface area (Å²) < 4.78 is 11.8. The topological polar surface area (TPSA) is 67.9 Å². The van der Waals surface area contributed by atoms with Crippen LogP contribution in [0, 0.1) is 0 Å². The fraction of sp³-hybridized carbons (Fsp3) is 0.263. The average Bonchev–Trinajstić information content (AvgIpc) is 3.07. The Balaban J connectivity index is 1.63. The number of hydrogen-bond donors (Lipinski definition) is 1. The molecule has 0 aromatic heterocycles. The maximum atomic E-state index is 12.1. The van der Waals surface area contributed by atoms with E-state index in [0.29, 0.717) is 30.2 Å².